The van der Waals surface area contributed by atoms with Crippen LogP contribution in [-0.2, 0) is 20.2 Å². The van der Waals surface area contributed by atoms with Gasteiger partial charge in [-0.15, -0.1) is 0 Å². The normalized spacial score (nSPS) is 13.6. The van der Waals surface area contributed by atoms with Crippen LogP contribution in [0.15, 0.2) is 33.2 Å². The first-order chi connectivity index (χ1) is 12.5. The molecule has 6 nitrogen and oxygen atoms in total. The van der Waals surface area contributed by atoms with Crippen LogP contribution < -0.4 is 8.37 Å². The number of alkyl halides is 6. The van der Waals surface area contributed by atoms with Crippen LogP contribution >= 0.6 is 31.9 Å². The molecular weight excluding hydrogens is 578 g/mol. The molecule has 2 aromatic carbocycles. The second-order valence-corrected chi connectivity index (χ2v) is 9.48. The van der Waals surface area contributed by atoms with Gasteiger partial charge in [0.15, 0.2) is 11.5 Å². The molecule has 0 aromatic heterocycles. The lowest BCUT2D eigenvalue weighted by Crippen LogP contribution is -2.28. The zero-order valence-corrected chi connectivity index (χ0v) is 17.4. The van der Waals surface area contributed by atoms with Gasteiger partial charge in [0.2, 0.25) is 0 Å². The van der Waals surface area contributed by atoms with Crippen molar-refractivity contribution < 1.29 is 51.5 Å². The number of benzene rings is 2. The Bertz CT molecular complexity index is 1060. The molecule has 0 fully saturated rings. The van der Waals surface area contributed by atoms with Gasteiger partial charge in [0.1, 0.15) is 0 Å². The molecule has 0 amide bonds. The first-order valence-electron chi connectivity index (χ1n) is 6.40. The average Bonchev–Trinajstić information content (AvgIpc) is 2.50. The second-order valence-electron chi connectivity index (χ2n) is 4.82. The molecule has 0 unspecified atom stereocenters. The Morgan fingerprint density at radius 1 is 0.679 bits per heavy atom. The fourth-order valence-electron chi connectivity index (χ4n) is 1.76. The van der Waals surface area contributed by atoms with Crippen LogP contribution in [0, 0.1) is 0 Å². The zero-order chi connectivity index (χ0) is 21.7. The first kappa shape index (κ1) is 23.0. The molecule has 0 heterocycles. The van der Waals surface area contributed by atoms with Crippen molar-refractivity contribution in [3.8, 4) is 11.5 Å². The number of halogens is 8. The van der Waals surface area contributed by atoms with Gasteiger partial charge in [-0.05, 0) is 49.4 Å². The molecule has 16 heteroatoms. The highest BCUT2D eigenvalue weighted by atomic mass is 79.9. The zero-order valence-electron chi connectivity index (χ0n) is 12.6. The van der Waals surface area contributed by atoms with Crippen LogP contribution in [0.4, 0.5) is 26.3 Å². The Morgan fingerprint density at radius 2 is 1.00 bits per heavy atom. The Morgan fingerprint density at radius 3 is 1.29 bits per heavy atom. The molecule has 0 saturated heterocycles. The van der Waals surface area contributed by atoms with E-state index in [9.17, 15) is 43.2 Å². The number of hydrogen-bond donors (Lipinski definition) is 0. The predicted molar refractivity (Wildman–Crippen MR) is 90.6 cm³/mol. The van der Waals surface area contributed by atoms with E-state index in [0.29, 0.717) is 0 Å². The molecule has 0 atom stereocenters. The van der Waals surface area contributed by atoms with Crippen molar-refractivity contribution in [2.24, 2.45) is 0 Å². The Kier molecular flexibility index (Phi) is 5.93. The molecule has 0 bridgehead atoms. The molecule has 0 aliphatic rings. The van der Waals surface area contributed by atoms with Gasteiger partial charge in [-0.3, -0.25) is 0 Å². The lowest BCUT2D eigenvalue weighted by Gasteiger charge is -2.15. The standard InChI is InChI=1S/C12H4Br2F6O6S2/c13-9-6(25-27(21,22)11(15,16)17)3-1-5-2-4-7(10(14)8(5)9)26-28(23,24)12(18,19)20/h1-4H. The van der Waals surface area contributed by atoms with E-state index in [4.69, 9.17) is 0 Å². The van der Waals surface area contributed by atoms with Gasteiger partial charge in [-0.1, -0.05) is 12.1 Å². The molecule has 0 N–H and O–H groups in total. The van der Waals surface area contributed by atoms with E-state index >= 15 is 0 Å². The smallest absolute Gasteiger partial charge is 0.375 e. The topological polar surface area (TPSA) is 86.7 Å². The van der Waals surface area contributed by atoms with Gasteiger partial charge in [0.25, 0.3) is 0 Å². The molecule has 2 rings (SSSR count). The number of fused-ring (bicyclic) bond motifs is 1. The van der Waals surface area contributed by atoms with E-state index in [1.165, 1.54) is 0 Å². The third-order valence-corrected chi connectivity index (χ3v) is 6.46. The van der Waals surface area contributed by atoms with Crippen molar-refractivity contribution in [2.75, 3.05) is 0 Å². The van der Waals surface area contributed by atoms with Crippen LogP contribution in [0.5, 0.6) is 11.5 Å². The van der Waals surface area contributed by atoms with Crippen molar-refractivity contribution in [3.05, 3.63) is 33.2 Å². The van der Waals surface area contributed by atoms with Crippen molar-refractivity contribution in [1.29, 1.82) is 0 Å². The summed E-state index contributed by atoms with van der Waals surface area (Å²) in [5.41, 5.74) is -11.5. The quantitative estimate of drug-likeness (QED) is 0.292. The predicted octanol–water partition coefficient (Wildman–Crippen LogP) is 4.82. The van der Waals surface area contributed by atoms with Crippen molar-refractivity contribution in [1.82, 2.24) is 0 Å². The minimum Gasteiger partial charge on any atom is -0.375 e. The maximum Gasteiger partial charge on any atom is 0.534 e. The lowest BCUT2D eigenvalue weighted by atomic mass is 10.1. The van der Waals surface area contributed by atoms with E-state index in [0.717, 1.165) is 24.3 Å². The fraction of sp³-hybridized carbons (Fsp3) is 0.167. The fourth-order valence-corrected chi connectivity index (χ4v) is 4.46. The third kappa shape index (κ3) is 4.33. The molecule has 0 radical (unpaired) electrons. The van der Waals surface area contributed by atoms with E-state index in [2.05, 4.69) is 40.2 Å². The highest BCUT2D eigenvalue weighted by Gasteiger charge is 2.49. The molecule has 0 spiro atoms. The van der Waals surface area contributed by atoms with Crippen molar-refractivity contribution in [3.63, 3.8) is 0 Å². The minimum absolute atomic E-state index is 0.173. The summed E-state index contributed by atoms with van der Waals surface area (Å²) in [6.45, 7) is 0. The van der Waals surface area contributed by atoms with Crippen LogP contribution in [0.2, 0.25) is 0 Å². The highest BCUT2D eigenvalue weighted by molar-refractivity contribution is 9.11. The van der Waals surface area contributed by atoms with Crippen LogP contribution in [0.1, 0.15) is 0 Å². The number of rotatable bonds is 4. The van der Waals surface area contributed by atoms with Crippen molar-refractivity contribution >= 4 is 62.9 Å². The highest BCUT2D eigenvalue weighted by Crippen LogP contribution is 2.43. The lowest BCUT2D eigenvalue weighted by molar-refractivity contribution is -0.0504. The largest absolute Gasteiger partial charge is 0.534 e. The van der Waals surface area contributed by atoms with Gasteiger partial charge in [0, 0.05) is 5.39 Å². The molecular formula is C12H4Br2F6O6S2. The van der Waals surface area contributed by atoms with Crippen LogP contribution in [0.25, 0.3) is 10.8 Å². The van der Waals surface area contributed by atoms with E-state index in [1.807, 2.05) is 0 Å². The SMILES string of the molecule is O=S(=O)(Oc1ccc2ccc(OS(=O)(=O)C(F)(F)F)c(Br)c2c1Br)C(F)(F)F. The molecule has 28 heavy (non-hydrogen) atoms. The van der Waals surface area contributed by atoms with E-state index in [-0.39, 0.29) is 10.8 Å². The first-order valence-corrected chi connectivity index (χ1v) is 10.8. The summed E-state index contributed by atoms with van der Waals surface area (Å²) in [7, 11) is -12.1. The summed E-state index contributed by atoms with van der Waals surface area (Å²) >= 11 is 5.58. The summed E-state index contributed by atoms with van der Waals surface area (Å²) in [5.74, 6) is -1.69. The van der Waals surface area contributed by atoms with Gasteiger partial charge in [0.05, 0.1) is 8.95 Å². The Hall–Kier alpha value is -1.26. The van der Waals surface area contributed by atoms with E-state index in [1.54, 1.807) is 0 Å². The van der Waals surface area contributed by atoms with E-state index < -0.39 is 51.7 Å². The van der Waals surface area contributed by atoms with Gasteiger partial charge >= 0.3 is 31.3 Å². The molecule has 2 aromatic rings. The molecule has 0 aliphatic heterocycles. The summed E-state index contributed by atoms with van der Waals surface area (Å²) in [6, 6.07) is 3.90. The summed E-state index contributed by atoms with van der Waals surface area (Å²) in [6.07, 6.45) is 0. The summed E-state index contributed by atoms with van der Waals surface area (Å²) in [4.78, 5) is 0. The molecule has 156 valence electrons. The maximum atomic E-state index is 12.5. The number of hydrogen-bond acceptors (Lipinski definition) is 6. The third-order valence-electron chi connectivity index (χ3n) is 2.95. The summed E-state index contributed by atoms with van der Waals surface area (Å²) in [5, 5.41) is -0.0305. The minimum atomic E-state index is -6.03. The Labute approximate surface area is 169 Å². The van der Waals surface area contributed by atoms with Crippen LogP contribution in [-0.4, -0.2) is 27.9 Å². The Balaban J connectivity index is 2.62. The van der Waals surface area contributed by atoms with Gasteiger partial charge in [-0.25, -0.2) is 0 Å². The average molecular weight is 582 g/mol. The monoisotopic (exact) mass is 580 g/mol. The molecule has 0 saturated carbocycles. The van der Waals surface area contributed by atoms with Crippen LogP contribution in [0.3, 0.4) is 0 Å². The molecule has 0 aliphatic carbocycles. The maximum absolute atomic E-state index is 12.5. The van der Waals surface area contributed by atoms with Gasteiger partial charge in [-0.2, -0.15) is 43.2 Å². The summed E-state index contributed by atoms with van der Waals surface area (Å²) < 4.78 is 127. The van der Waals surface area contributed by atoms with Crippen molar-refractivity contribution in [2.45, 2.75) is 11.0 Å². The van der Waals surface area contributed by atoms with Gasteiger partial charge < -0.3 is 8.37 Å². The second kappa shape index (κ2) is 7.21.